The molecule has 1 unspecified atom stereocenters. The first kappa shape index (κ1) is 10.5. The average Bonchev–Trinajstić information content (AvgIpc) is 2.52. The zero-order chi connectivity index (χ0) is 9.90. The Balaban J connectivity index is 2.28. The van der Waals surface area contributed by atoms with E-state index in [1.54, 1.807) is 13.8 Å². The summed E-state index contributed by atoms with van der Waals surface area (Å²) in [6.45, 7) is 4.88. The van der Waals surface area contributed by atoms with Crippen LogP contribution in [0.2, 0.25) is 0 Å². The van der Waals surface area contributed by atoms with E-state index >= 15 is 0 Å². The molecule has 1 aliphatic heterocycles. The Morgan fingerprint density at radius 2 is 2.38 bits per heavy atom. The molecule has 0 saturated carbocycles. The van der Waals surface area contributed by atoms with Gasteiger partial charge in [-0.05, 0) is 20.3 Å². The molecule has 0 spiro atoms. The lowest BCUT2D eigenvalue weighted by molar-refractivity contribution is -0.151. The van der Waals surface area contributed by atoms with Crippen molar-refractivity contribution in [2.75, 3.05) is 19.8 Å². The first-order valence-corrected chi connectivity index (χ1v) is 4.45. The maximum Gasteiger partial charge on any atom is 0.311 e. The molecule has 0 aromatic carbocycles. The van der Waals surface area contributed by atoms with Gasteiger partial charge in [0.2, 0.25) is 0 Å². The van der Waals surface area contributed by atoms with Crippen molar-refractivity contribution in [2.45, 2.75) is 26.4 Å². The van der Waals surface area contributed by atoms with Gasteiger partial charge >= 0.3 is 5.97 Å². The van der Waals surface area contributed by atoms with Gasteiger partial charge in [-0.15, -0.1) is 0 Å². The second kappa shape index (κ2) is 4.07. The fourth-order valence-corrected chi connectivity index (χ4v) is 1.03. The number of carbonyl (C=O) groups is 1. The first-order valence-electron chi connectivity index (χ1n) is 4.45. The molecule has 0 bridgehead atoms. The number of hydrogen-bond donors (Lipinski definition) is 1. The highest BCUT2D eigenvalue weighted by Gasteiger charge is 2.29. The summed E-state index contributed by atoms with van der Waals surface area (Å²) in [5.74, 6) is -0.827. The van der Waals surface area contributed by atoms with Gasteiger partial charge < -0.3 is 14.6 Å². The van der Waals surface area contributed by atoms with Crippen LogP contribution in [-0.2, 0) is 14.3 Å². The highest BCUT2D eigenvalue weighted by molar-refractivity contribution is 5.73. The summed E-state index contributed by atoms with van der Waals surface area (Å²) in [6, 6.07) is 0. The summed E-state index contributed by atoms with van der Waals surface area (Å²) in [6.07, 6.45) is 0.953. The molecule has 1 N–H and O–H groups in total. The minimum atomic E-state index is -0.827. The monoisotopic (exact) mass is 188 g/mol. The minimum absolute atomic E-state index is 0.0821. The molecule has 1 atom stereocenters. The summed E-state index contributed by atoms with van der Waals surface area (Å²) < 4.78 is 10.5. The largest absolute Gasteiger partial charge is 0.481 e. The van der Waals surface area contributed by atoms with Gasteiger partial charge in [0.05, 0.1) is 24.7 Å². The maximum absolute atomic E-state index is 10.7. The summed E-state index contributed by atoms with van der Waals surface area (Å²) >= 11 is 0. The van der Waals surface area contributed by atoms with Crippen molar-refractivity contribution in [1.29, 1.82) is 0 Å². The summed E-state index contributed by atoms with van der Waals surface area (Å²) in [5, 5.41) is 8.80. The molecule has 13 heavy (non-hydrogen) atoms. The second-order valence-corrected chi connectivity index (χ2v) is 3.99. The third-order valence-corrected chi connectivity index (χ3v) is 2.15. The van der Waals surface area contributed by atoms with Crippen LogP contribution in [0, 0.1) is 5.41 Å². The summed E-state index contributed by atoms with van der Waals surface area (Å²) in [4.78, 5) is 10.7. The van der Waals surface area contributed by atoms with E-state index in [-0.39, 0.29) is 12.7 Å². The molecule has 1 saturated heterocycles. The van der Waals surface area contributed by atoms with E-state index in [2.05, 4.69) is 0 Å². The summed E-state index contributed by atoms with van der Waals surface area (Å²) in [5.41, 5.74) is -0.803. The van der Waals surface area contributed by atoms with E-state index in [0.29, 0.717) is 6.61 Å². The highest BCUT2D eigenvalue weighted by Crippen LogP contribution is 2.18. The normalized spacial score (nSPS) is 23.4. The molecule has 4 nitrogen and oxygen atoms in total. The van der Waals surface area contributed by atoms with E-state index in [0.717, 1.165) is 13.0 Å². The van der Waals surface area contributed by atoms with Crippen molar-refractivity contribution in [3.05, 3.63) is 0 Å². The van der Waals surface area contributed by atoms with E-state index < -0.39 is 11.4 Å². The van der Waals surface area contributed by atoms with Crippen LogP contribution in [0.25, 0.3) is 0 Å². The number of hydrogen-bond acceptors (Lipinski definition) is 3. The molecule has 1 rings (SSSR count). The molecule has 0 radical (unpaired) electrons. The standard InChI is InChI=1S/C9H16O4/c1-9(2,8(10)11)6-13-7-3-4-12-5-7/h7H,3-6H2,1-2H3,(H,10,11). The Labute approximate surface area is 77.8 Å². The Hall–Kier alpha value is -0.610. The lowest BCUT2D eigenvalue weighted by atomic mass is 9.95. The molecular weight excluding hydrogens is 172 g/mol. The Bertz CT molecular complexity index is 182. The van der Waals surface area contributed by atoms with Crippen LogP contribution in [0.5, 0.6) is 0 Å². The maximum atomic E-state index is 10.7. The predicted octanol–water partition coefficient (Wildman–Crippen LogP) is 0.903. The third kappa shape index (κ3) is 2.97. The van der Waals surface area contributed by atoms with Crippen LogP contribution in [-0.4, -0.2) is 37.0 Å². The van der Waals surface area contributed by atoms with Gasteiger partial charge in [-0.25, -0.2) is 0 Å². The zero-order valence-electron chi connectivity index (χ0n) is 8.08. The number of rotatable bonds is 4. The van der Waals surface area contributed by atoms with Crippen LogP contribution >= 0.6 is 0 Å². The number of aliphatic carboxylic acids is 1. The van der Waals surface area contributed by atoms with Crippen molar-refractivity contribution in [3.63, 3.8) is 0 Å². The topological polar surface area (TPSA) is 55.8 Å². The molecule has 1 aliphatic rings. The van der Waals surface area contributed by atoms with Crippen molar-refractivity contribution >= 4 is 5.97 Å². The molecule has 4 heteroatoms. The number of carboxylic acids is 1. The predicted molar refractivity (Wildman–Crippen MR) is 46.6 cm³/mol. The fraction of sp³-hybridized carbons (Fsp3) is 0.889. The van der Waals surface area contributed by atoms with Crippen molar-refractivity contribution < 1.29 is 19.4 Å². The quantitative estimate of drug-likeness (QED) is 0.712. The lowest BCUT2D eigenvalue weighted by Gasteiger charge is -2.21. The summed E-state index contributed by atoms with van der Waals surface area (Å²) in [7, 11) is 0. The Morgan fingerprint density at radius 3 is 2.85 bits per heavy atom. The van der Waals surface area contributed by atoms with E-state index in [4.69, 9.17) is 14.6 Å². The van der Waals surface area contributed by atoms with Crippen LogP contribution in [0.4, 0.5) is 0 Å². The molecule has 1 heterocycles. The zero-order valence-corrected chi connectivity index (χ0v) is 8.08. The molecule has 0 aromatic heterocycles. The number of carboxylic acid groups (broad SMARTS) is 1. The highest BCUT2D eigenvalue weighted by atomic mass is 16.5. The van der Waals surface area contributed by atoms with Crippen molar-refractivity contribution in [3.8, 4) is 0 Å². The molecule has 0 aromatic rings. The first-order chi connectivity index (χ1) is 6.02. The molecule has 0 amide bonds. The van der Waals surface area contributed by atoms with Gasteiger partial charge in [-0.3, -0.25) is 4.79 Å². The van der Waals surface area contributed by atoms with Gasteiger partial charge in [0, 0.05) is 6.61 Å². The van der Waals surface area contributed by atoms with Gasteiger partial charge in [0.25, 0.3) is 0 Å². The molecule has 76 valence electrons. The van der Waals surface area contributed by atoms with Crippen LogP contribution in [0.3, 0.4) is 0 Å². The smallest absolute Gasteiger partial charge is 0.311 e. The van der Waals surface area contributed by atoms with E-state index in [1.165, 1.54) is 0 Å². The van der Waals surface area contributed by atoms with Crippen LogP contribution in [0.15, 0.2) is 0 Å². The van der Waals surface area contributed by atoms with Crippen molar-refractivity contribution in [1.82, 2.24) is 0 Å². The SMILES string of the molecule is CC(C)(COC1CCOC1)C(=O)O. The van der Waals surface area contributed by atoms with Crippen molar-refractivity contribution in [2.24, 2.45) is 5.41 Å². The van der Waals surface area contributed by atoms with Gasteiger partial charge in [0.15, 0.2) is 0 Å². The third-order valence-electron chi connectivity index (χ3n) is 2.15. The Morgan fingerprint density at radius 1 is 1.69 bits per heavy atom. The second-order valence-electron chi connectivity index (χ2n) is 3.99. The van der Waals surface area contributed by atoms with Crippen LogP contribution < -0.4 is 0 Å². The molecule has 1 fully saturated rings. The average molecular weight is 188 g/mol. The van der Waals surface area contributed by atoms with Gasteiger partial charge in [-0.1, -0.05) is 0 Å². The van der Waals surface area contributed by atoms with Gasteiger partial charge in [-0.2, -0.15) is 0 Å². The van der Waals surface area contributed by atoms with E-state index in [9.17, 15) is 4.79 Å². The molecule has 0 aliphatic carbocycles. The number of ether oxygens (including phenoxy) is 2. The fourth-order valence-electron chi connectivity index (χ4n) is 1.03. The van der Waals surface area contributed by atoms with E-state index in [1.807, 2.05) is 0 Å². The minimum Gasteiger partial charge on any atom is -0.481 e. The molecular formula is C9H16O4. The lowest BCUT2D eigenvalue weighted by Crippen LogP contribution is -2.31. The van der Waals surface area contributed by atoms with Crippen LogP contribution in [0.1, 0.15) is 20.3 Å². The Kier molecular flexibility index (Phi) is 3.27. The van der Waals surface area contributed by atoms with Gasteiger partial charge in [0.1, 0.15) is 0 Å².